The van der Waals surface area contributed by atoms with Crippen molar-refractivity contribution in [3.8, 4) is 5.75 Å². The summed E-state index contributed by atoms with van der Waals surface area (Å²) >= 11 is 3.36. The first kappa shape index (κ1) is 15.3. The molecule has 1 heterocycles. The Balaban J connectivity index is 2.03. The number of pyridine rings is 1. The molecule has 0 spiro atoms. The first-order valence-electron chi connectivity index (χ1n) is 6.38. The summed E-state index contributed by atoms with van der Waals surface area (Å²) < 4.78 is 6.59. The van der Waals surface area contributed by atoms with Gasteiger partial charge in [0.2, 0.25) is 0 Å². The number of aromatic nitrogens is 1. The van der Waals surface area contributed by atoms with Gasteiger partial charge in [0.25, 0.3) is 0 Å². The smallest absolute Gasteiger partial charge is 0.328 e. The fourth-order valence-corrected chi connectivity index (χ4v) is 2.13. The van der Waals surface area contributed by atoms with Crippen LogP contribution in [0.3, 0.4) is 0 Å². The van der Waals surface area contributed by atoms with Crippen molar-refractivity contribution < 1.29 is 14.6 Å². The maximum absolute atomic E-state index is 10.6. The lowest BCUT2D eigenvalue weighted by atomic mass is 10.2. The molecule has 0 aliphatic heterocycles. The second-order valence-corrected chi connectivity index (χ2v) is 5.19. The predicted molar refractivity (Wildman–Crippen MR) is 84.2 cm³/mol. The second kappa shape index (κ2) is 7.59. The van der Waals surface area contributed by atoms with Gasteiger partial charge in [0, 0.05) is 34.4 Å². The van der Waals surface area contributed by atoms with Crippen molar-refractivity contribution in [1.82, 2.24) is 4.98 Å². The highest BCUT2D eigenvalue weighted by atomic mass is 79.9. The van der Waals surface area contributed by atoms with Crippen LogP contribution in [-0.2, 0) is 11.2 Å². The van der Waals surface area contributed by atoms with E-state index in [1.807, 2.05) is 36.4 Å². The number of hydrogen-bond acceptors (Lipinski definition) is 3. The van der Waals surface area contributed by atoms with Crippen molar-refractivity contribution in [3.63, 3.8) is 0 Å². The zero-order valence-corrected chi connectivity index (χ0v) is 12.8. The van der Waals surface area contributed by atoms with Crippen molar-refractivity contribution in [2.75, 3.05) is 6.61 Å². The van der Waals surface area contributed by atoms with E-state index in [9.17, 15) is 4.79 Å². The Kier molecular flexibility index (Phi) is 5.51. The first-order valence-corrected chi connectivity index (χ1v) is 7.18. The monoisotopic (exact) mass is 347 g/mol. The summed E-state index contributed by atoms with van der Waals surface area (Å²) in [4.78, 5) is 14.8. The fourth-order valence-electron chi connectivity index (χ4n) is 1.75. The van der Waals surface area contributed by atoms with Crippen molar-refractivity contribution in [3.05, 3.63) is 64.4 Å². The van der Waals surface area contributed by atoms with E-state index in [-0.39, 0.29) is 0 Å². The lowest BCUT2D eigenvalue weighted by molar-refractivity contribution is -0.131. The zero-order chi connectivity index (χ0) is 15.1. The molecule has 0 amide bonds. The highest BCUT2D eigenvalue weighted by Crippen LogP contribution is 2.24. The summed E-state index contributed by atoms with van der Waals surface area (Å²) in [6, 6.07) is 11.2. The van der Waals surface area contributed by atoms with Gasteiger partial charge in [-0.1, -0.05) is 22.0 Å². The number of rotatable bonds is 6. The van der Waals surface area contributed by atoms with Crippen LogP contribution in [0, 0.1) is 0 Å². The summed E-state index contributed by atoms with van der Waals surface area (Å²) in [5, 5.41) is 8.71. The second-order valence-electron chi connectivity index (χ2n) is 4.27. The van der Waals surface area contributed by atoms with Crippen LogP contribution in [0.1, 0.15) is 11.3 Å². The Morgan fingerprint density at radius 1 is 1.33 bits per heavy atom. The van der Waals surface area contributed by atoms with Gasteiger partial charge in [-0.05, 0) is 36.4 Å². The number of benzene rings is 1. The number of ether oxygens (including phenoxy) is 1. The third-order valence-corrected chi connectivity index (χ3v) is 3.21. The van der Waals surface area contributed by atoms with Gasteiger partial charge in [-0.25, -0.2) is 4.79 Å². The van der Waals surface area contributed by atoms with Crippen LogP contribution in [0.15, 0.2) is 53.1 Å². The molecule has 0 saturated carbocycles. The molecule has 1 aromatic carbocycles. The van der Waals surface area contributed by atoms with Crippen LogP contribution in [0.4, 0.5) is 0 Å². The van der Waals surface area contributed by atoms with Gasteiger partial charge in [-0.3, -0.25) is 4.98 Å². The normalized spacial score (nSPS) is 10.7. The van der Waals surface area contributed by atoms with Gasteiger partial charge in [0.15, 0.2) is 0 Å². The number of halogens is 1. The molecule has 5 heteroatoms. The largest absolute Gasteiger partial charge is 0.493 e. The molecule has 0 fully saturated rings. The lowest BCUT2D eigenvalue weighted by Gasteiger charge is -2.09. The predicted octanol–water partition coefficient (Wildman–Crippen LogP) is 3.56. The van der Waals surface area contributed by atoms with Crippen LogP contribution in [0.25, 0.3) is 6.08 Å². The molecule has 2 aromatic rings. The highest BCUT2D eigenvalue weighted by Gasteiger charge is 2.03. The molecule has 1 N–H and O–H groups in total. The van der Waals surface area contributed by atoms with Crippen LogP contribution in [0.2, 0.25) is 0 Å². The molecular weight excluding hydrogens is 334 g/mol. The van der Waals surface area contributed by atoms with Crippen LogP contribution >= 0.6 is 15.9 Å². The van der Waals surface area contributed by atoms with E-state index in [0.29, 0.717) is 24.3 Å². The van der Waals surface area contributed by atoms with E-state index < -0.39 is 5.97 Å². The van der Waals surface area contributed by atoms with Gasteiger partial charge in [-0.2, -0.15) is 0 Å². The topological polar surface area (TPSA) is 59.4 Å². The minimum atomic E-state index is -0.991. The maximum Gasteiger partial charge on any atom is 0.328 e. The molecule has 1 aromatic heterocycles. The number of hydrogen-bond donors (Lipinski definition) is 1. The summed E-state index contributed by atoms with van der Waals surface area (Å²) in [5.74, 6) is -0.346. The summed E-state index contributed by atoms with van der Waals surface area (Å²) in [7, 11) is 0. The molecule has 0 radical (unpaired) electrons. The average Bonchev–Trinajstić information content (AvgIpc) is 2.48. The van der Waals surface area contributed by atoms with Crippen molar-refractivity contribution in [1.29, 1.82) is 0 Å². The van der Waals surface area contributed by atoms with Crippen LogP contribution < -0.4 is 4.74 Å². The number of carboxylic acids is 1. The quantitative estimate of drug-likeness (QED) is 0.811. The molecule has 0 bridgehead atoms. The van der Waals surface area contributed by atoms with Gasteiger partial charge in [0.1, 0.15) is 5.75 Å². The van der Waals surface area contributed by atoms with Crippen molar-refractivity contribution in [2.24, 2.45) is 0 Å². The SMILES string of the molecule is O=C(O)/C=C/c1cc(Br)ccc1OCCc1ccccn1. The van der Waals surface area contributed by atoms with Crippen molar-refractivity contribution in [2.45, 2.75) is 6.42 Å². The molecule has 21 heavy (non-hydrogen) atoms. The molecule has 2 rings (SSSR count). The van der Waals surface area contributed by atoms with E-state index in [0.717, 1.165) is 16.2 Å². The van der Waals surface area contributed by atoms with Gasteiger partial charge < -0.3 is 9.84 Å². The number of carboxylic acid groups (broad SMARTS) is 1. The molecular formula is C16H14BrNO3. The third kappa shape index (κ3) is 5.04. The van der Waals surface area contributed by atoms with E-state index in [4.69, 9.17) is 9.84 Å². The average molecular weight is 348 g/mol. The number of nitrogens with zero attached hydrogens (tertiary/aromatic N) is 1. The summed E-state index contributed by atoms with van der Waals surface area (Å²) in [6.45, 7) is 0.479. The molecule has 0 unspecified atom stereocenters. The van der Waals surface area contributed by atoms with Gasteiger partial charge in [0.05, 0.1) is 6.61 Å². The fraction of sp³-hybridized carbons (Fsp3) is 0.125. The molecule has 108 valence electrons. The molecule has 0 saturated heterocycles. The standard InChI is InChI=1S/C16H14BrNO3/c17-13-5-6-15(12(11-13)4-7-16(19)20)21-10-8-14-3-1-2-9-18-14/h1-7,9,11H,8,10H2,(H,19,20)/b7-4+. The number of aliphatic carboxylic acids is 1. The van der Waals surface area contributed by atoms with Crippen LogP contribution in [0.5, 0.6) is 5.75 Å². The van der Waals surface area contributed by atoms with E-state index in [2.05, 4.69) is 20.9 Å². The molecule has 0 aliphatic rings. The van der Waals surface area contributed by atoms with Crippen LogP contribution in [-0.4, -0.2) is 22.7 Å². The lowest BCUT2D eigenvalue weighted by Crippen LogP contribution is -2.03. The van der Waals surface area contributed by atoms with Crippen molar-refractivity contribution >= 4 is 28.0 Å². The summed E-state index contributed by atoms with van der Waals surface area (Å²) in [6.07, 6.45) is 5.05. The molecule has 4 nitrogen and oxygen atoms in total. The first-order chi connectivity index (χ1) is 10.1. The van der Waals surface area contributed by atoms with E-state index in [1.54, 1.807) is 6.20 Å². The Morgan fingerprint density at radius 2 is 2.19 bits per heavy atom. The Bertz CT molecular complexity index is 641. The zero-order valence-electron chi connectivity index (χ0n) is 11.2. The third-order valence-electron chi connectivity index (χ3n) is 2.72. The molecule has 0 atom stereocenters. The Morgan fingerprint density at radius 3 is 2.90 bits per heavy atom. The molecule has 0 aliphatic carbocycles. The Hall–Kier alpha value is -2.14. The van der Waals surface area contributed by atoms with E-state index >= 15 is 0 Å². The maximum atomic E-state index is 10.6. The minimum absolute atomic E-state index is 0.479. The van der Waals surface area contributed by atoms with Gasteiger partial charge in [-0.15, -0.1) is 0 Å². The highest BCUT2D eigenvalue weighted by molar-refractivity contribution is 9.10. The van der Waals surface area contributed by atoms with E-state index in [1.165, 1.54) is 6.08 Å². The Labute approximate surface area is 131 Å². The minimum Gasteiger partial charge on any atom is -0.493 e. The van der Waals surface area contributed by atoms with Gasteiger partial charge >= 0.3 is 5.97 Å². The summed E-state index contributed by atoms with van der Waals surface area (Å²) in [5.41, 5.74) is 1.67. The number of carbonyl (C=O) groups is 1.